The maximum Gasteiger partial charge on any atom is 0.313 e. The molecule has 2 aliphatic carbocycles. The third-order valence-corrected chi connectivity index (χ3v) is 4.60. The first-order valence-electron chi connectivity index (χ1n) is 6.35. The van der Waals surface area contributed by atoms with Crippen LogP contribution < -0.4 is 0 Å². The fourth-order valence-electron chi connectivity index (χ4n) is 2.47. The fourth-order valence-corrected chi connectivity index (χ4v) is 3.08. The molecule has 2 saturated carbocycles. The zero-order valence-corrected chi connectivity index (χ0v) is 10.8. The van der Waals surface area contributed by atoms with Crippen molar-refractivity contribution in [1.82, 2.24) is 20.2 Å². The molecule has 1 aromatic heterocycles. The van der Waals surface area contributed by atoms with Crippen LogP contribution in [0.4, 0.5) is 0 Å². The number of carboxylic acids is 1. The molecule has 0 spiro atoms. The molecule has 18 heavy (non-hydrogen) atoms. The van der Waals surface area contributed by atoms with Crippen LogP contribution in [0.3, 0.4) is 0 Å². The maximum atomic E-state index is 10.6. The normalized spacial score (nSPS) is 19.4. The van der Waals surface area contributed by atoms with Crippen LogP contribution >= 0.6 is 11.8 Å². The second kappa shape index (κ2) is 4.87. The van der Waals surface area contributed by atoms with E-state index in [1.54, 1.807) is 4.68 Å². The first kappa shape index (κ1) is 12.0. The quantitative estimate of drug-likeness (QED) is 0.750. The van der Waals surface area contributed by atoms with E-state index in [2.05, 4.69) is 15.5 Å². The summed E-state index contributed by atoms with van der Waals surface area (Å²) in [4.78, 5) is 10.6. The van der Waals surface area contributed by atoms with Gasteiger partial charge >= 0.3 is 5.97 Å². The van der Waals surface area contributed by atoms with Crippen LogP contribution in [0.1, 0.15) is 25.7 Å². The summed E-state index contributed by atoms with van der Waals surface area (Å²) in [7, 11) is 0. The Labute approximate surface area is 109 Å². The number of thioether (sulfide) groups is 1. The molecule has 0 amide bonds. The second-order valence-corrected chi connectivity index (χ2v) is 6.11. The van der Waals surface area contributed by atoms with E-state index in [9.17, 15) is 4.79 Å². The summed E-state index contributed by atoms with van der Waals surface area (Å²) in [5.74, 6) is 1.56. The first-order chi connectivity index (χ1) is 8.74. The molecule has 2 fully saturated rings. The lowest BCUT2D eigenvalue weighted by atomic mass is 9.98. The number of aliphatic carboxylic acids is 1. The molecule has 0 aliphatic heterocycles. The molecule has 1 heterocycles. The fraction of sp³-hybridized carbons (Fsp3) is 0.818. The molecule has 98 valence electrons. The number of hydrogen-bond donors (Lipinski definition) is 1. The maximum absolute atomic E-state index is 10.6. The van der Waals surface area contributed by atoms with Crippen molar-refractivity contribution in [1.29, 1.82) is 0 Å². The van der Waals surface area contributed by atoms with Gasteiger partial charge < -0.3 is 5.11 Å². The highest BCUT2D eigenvalue weighted by atomic mass is 32.2. The summed E-state index contributed by atoms with van der Waals surface area (Å²) in [6.45, 7) is 0.851. The molecule has 2 aliphatic rings. The molecular weight excluding hydrogens is 252 g/mol. The van der Waals surface area contributed by atoms with Crippen molar-refractivity contribution in [2.45, 2.75) is 37.4 Å². The number of aromatic nitrogens is 4. The van der Waals surface area contributed by atoms with Gasteiger partial charge in [-0.05, 0) is 53.9 Å². The molecule has 0 saturated heterocycles. The van der Waals surface area contributed by atoms with Crippen molar-refractivity contribution in [2.24, 2.45) is 17.8 Å². The summed E-state index contributed by atoms with van der Waals surface area (Å²) in [6, 6.07) is 0. The Hall–Kier alpha value is -1.11. The average molecular weight is 268 g/mol. The van der Waals surface area contributed by atoms with Gasteiger partial charge in [-0.25, -0.2) is 4.68 Å². The molecule has 3 rings (SSSR count). The van der Waals surface area contributed by atoms with E-state index in [1.165, 1.54) is 37.4 Å². The summed E-state index contributed by atoms with van der Waals surface area (Å²) in [6.07, 6.45) is 5.34. The predicted octanol–water partition coefficient (Wildman–Crippen LogP) is 1.29. The molecule has 0 bridgehead atoms. The molecule has 1 N–H and O–H groups in total. The standard InChI is InChI=1S/C11H16N4O2S/c16-10(17)6-18-11-12-13-14-15(11)5-9(7-1-2-7)8-3-4-8/h7-9H,1-6H2,(H,16,17). The lowest BCUT2D eigenvalue weighted by Gasteiger charge is -2.15. The predicted molar refractivity (Wildman–Crippen MR) is 65.1 cm³/mol. The zero-order chi connectivity index (χ0) is 12.5. The van der Waals surface area contributed by atoms with Crippen LogP contribution in [0.25, 0.3) is 0 Å². The van der Waals surface area contributed by atoms with Gasteiger partial charge in [-0.2, -0.15) is 0 Å². The molecule has 6 nitrogen and oxygen atoms in total. The number of hydrogen-bond acceptors (Lipinski definition) is 5. The lowest BCUT2D eigenvalue weighted by molar-refractivity contribution is -0.133. The molecule has 0 unspecified atom stereocenters. The Balaban J connectivity index is 1.64. The largest absolute Gasteiger partial charge is 0.481 e. The number of carbonyl (C=O) groups is 1. The molecule has 7 heteroatoms. The van der Waals surface area contributed by atoms with Gasteiger partial charge in [-0.3, -0.25) is 4.79 Å². The Kier molecular flexibility index (Phi) is 3.23. The Morgan fingerprint density at radius 3 is 2.61 bits per heavy atom. The minimum atomic E-state index is -0.838. The van der Waals surface area contributed by atoms with E-state index in [0.29, 0.717) is 11.1 Å². The summed E-state index contributed by atoms with van der Waals surface area (Å²) in [5, 5.41) is 20.9. The topological polar surface area (TPSA) is 80.9 Å². The Morgan fingerprint density at radius 2 is 2.06 bits per heavy atom. The average Bonchev–Trinajstić information content (AvgIpc) is 3.23. The molecule has 0 atom stereocenters. The minimum absolute atomic E-state index is 0.0118. The van der Waals surface area contributed by atoms with E-state index in [-0.39, 0.29) is 5.75 Å². The zero-order valence-electron chi connectivity index (χ0n) is 10.0. The van der Waals surface area contributed by atoms with Gasteiger partial charge in [0, 0.05) is 6.54 Å². The molecular formula is C11H16N4O2S. The third kappa shape index (κ3) is 2.82. The first-order valence-corrected chi connectivity index (χ1v) is 7.33. The van der Waals surface area contributed by atoms with Gasteiger partial charge in [-0.15, -0.1) is 5.10 Å². The van der Waals surface area contributed by atoms with Crippen molar-refractivity contribution < 1.29 is 9.90 Å². The van der Waals surface area contributed by atoms with Gasteiger partial charge in [0.1, 0.15) is 0 Å². The van der Waals surface area contributed by atoms with Crippen molar-refractivity contribution in [3.63, 3.8) is 0 Å². The highest BCUT2D eigenvalue weighted by Gasteiger charge is 2.41. The summed E-state index contributed by atoms with van der Waals surface area (Å²) in [5.41, 5.74) is 0. The SMILES string of the molecule is O=C(O)CSc1nnnn1CC(C1CC1)C1CC1. The number of nitrogens with zero attached hydrogens (tertiary/aromatic N) is 4. The van der Waals surface area contributed by atoms with Gasteiger partial charge in [0.2, 0.25) is 5.16 Å². The number of tetrazole rings is 1. The number of rotatable bonds is 7. The van der Waals surface area contributed by atoms with E-state index in [4.69, 9.17) is 5.11 Å². The second-order valence-electron chi connectivity index (χ2n) is 5.16. The van der Waals surface area contributed by atoms with E-state index in [0.717, 1.165) is 18.4 Å². The highest BCUT2D eigenvalue weighted by molar-refractivity contribution is 7.99. The monoisotopic (exact) mass is 268 g/mol. The molecule has 0 aromatic carbocycles. The molecule has 1 aromatic rings. The van der Waals surface area contributed by atoms with Crippen LogP contribution in [0.15, 0.2) is 5.16 Å². The highest BCUT2D eigenvalue weighted by Crippen LogP contribution is 2.49. The van der Waals surface area contributed by atoms with Crippen molar-refractivity contribution in [3.05, 3.63) is 0 Å². The summed E-state index contributed by atoms with van der Waals surface area (Å²) >= 11 is 1.20. The third-order valence-electron chi connectivity index (χ3n) is 3.66. The Morgan fingerprint density at radius 1 is 1.39 bits per heavy atom. The van der Waals surface area contributed by atoms with Crippen LogP contribution in [0, 0.1) is 17.8 Å². The van der Waals surface area contributed by atoms with Gasteiger partial charge in [0.25, 0.3) is 0 Å². The van der Waals surface area contributed by atoms with Gasteiger partial charge in [-0.1, -0.05) is 11.8 Å². The van der Waals surface area contributed by atoms with E-state index in [1.807, 2.05) is 0 Å². The minimum Gasteiger partial charge on any atom is -0.481 e. The smallest absolute Gasteiger partial charge is 0.313 e. The molecule has 0 radical (unpaired) electrons. The van der Waals surface area contributed by atoms with Gasteiger partial charge in [0.15, 0.2) is 0 Å². The van der Waals surface area contributed by atoms with Crippen LogP contribution in [-0.4, -0.2) is 37.0 Å². The van der Waals surface area contributed by atoms with Crippen LogP contribution in [0.2, 0.25) is 0 Å². The number of carboxylic acid groups (broad SMARTS) is 1. The van der Waals surface area contributed by atoms with Crippen molar-refractivity contribution in [2.75, 3.05) is 5.75 Å². The Bertz CT molecular complexity index is 430. The van der Waals surface area contributed by atoms with Crippen molar-refractivity contribution >= 4 is 17.7 Å². The summed E-state index contributed by atoms with van der Waals surface area (Å²) < 4.78 is 1.79. The van der Waals surface area contributed by atoms with Crippen LogP contribution in [0.5, 0.6) is 0 Å². The van der Waals surface area contributed by atoms with Crippen molar-refractivity contribution in [3.8, 4) is 0 Å². The van der Waals surface area contributed by atoms with E-state index >= 15 is 0 Å². The van der Waals surface area contributed by atoms with Crippen LogP contribution in [-0.2, 0) is 11.3 Å². The van der Waals surface area contributed by atoms with E-state index < -0.39 is 5.97 Å². The lowest BCUT2D eigenvalue weighted by Crippen LogP contribution is -2.17. The van der Waals surface area contributed by atoms with Gasteiger partial charge in [0.05, 0.1) is 5.75 Å².